The molecule has 120 valence electrons. The third-order valence-electron chi connectivity index (χ3n) is 4.78. The van der Waals surface area contributed by atoms with E-state index in [4.69, 9.17) is 0 Å². The average molecular weight is 303 g/mol. The number of nitrogens with zero attached hydrogens (tertiary/aromatic N) is 1. The molecule has 0 saturated heterocycles. The highest BCUT2D eigenvalue weighted by atomic mass is 16.4. The second kappa shape index (κ2) is 7.43. The number of carboxylic acid groups (broad SMARTS) is 1. The largest absolute Gasteiger partial charge is 0.478 e. The number of carboxylic acids is 1. The van der Waals surface area contributed by atoms with Gasteiger partial charge in [-0.05, 0) is 49.7 Å². The third kappa shape index (κ3) is 4.09. The quantitative estimate of drug-likeness (QED) is 0.907. The Morgan fingerprint density at radius 3 is 2.45 bits per heavy atom. The van der Waals surface area contributed by atoms with Gasteiger partial charge in [0.1, 0.15) is 0 Å². The van der Waals surface area contributed by atoms with Gasteiger partial charge in [0, 0.05) is 19.5 Å². The fraction of sp³-hybridized carbons (Fsp3) is 0.556. The molecule has 22 heavy (non-hydrogen) atoms. The number of carbonyl (C=O) groups is 2. The molecule has 0 heterocycles. The van der Waals surface area contributed by atoms with Crippen LogP contribution in [0.4, 0.5) is 0 Å². The summed E-state index contributed by atoms with van der Waals surface area (Å²) in [5, 5.41) is 9.17. The van der Waals surface area contributed by atoms with Crippen LogP contribution in [0, 0.1) is 5.92 Å². The summed E-state index contributed by atoms with van der Waals surface area (Å²) in [6, 6.07) is 7.26. The molecule has 4 nitrogen and oxygen atoms in total. The lowest BCUT2D eigenvalue weighted by molar-refractivity contribution is -0.132. The van der Waals surface area contributed by atoms with Crippen molar-refractivity contribution >= 4 is 11.9 Å². The van der Waals surface area contributed by atoms with Crippen molar-refractivity contribution in [3.05, 3.63) is 35.4 Å². The van der Waals surface area contributed by atoms with Gasteiger partial charge in [0.15, 0.2) is 0 Å². The fourth-order valence-corrected chi connectivity index (χ4v) is 3.20. The molecular formula is C18H25NO3. The number of benzene rings is 1. The summed E-state index contributed by atoms with van der Waals surface area (Å²) in [6.45, 7) is 2.26. The molecule has 2 rings (SSSR count). The van der Waals surface area contributed by atoms with Gasteiger partial charge in [0.05, 0.1) is 5.56 Å². The molecule has 0 atom stereocenters. The Morgan fingerprint density at radius 2 is 1.82 bits per heavy atom. The van der Waals surface area contributed by atoms with Gasteiger partial charge in [-0.15, -0.1) is 0 Å². The lowest BCUT2D eigenvalue weighted by Crippen LogP contribution is -2.39. The Balaban J connectivity index is 1.91. The minimum Gasteiger partial charge on any atom is -0.478 e. The average Bonchev–Trinajstić information content (AvgIpc) is 2.52. The minimum atomic E-state index is -0.933. The molecule has 0 unspecified atom stereocenters. The molecule has 1 aliphatic carbocycles. The van der Waals surface area contributed by atoms with Crippen molar-refractivity contribution in [2.75, 3.05) is 7.05 Å². The molecule has 1 aromatic rings. The van der Waals surface area contributed by atoms with E-state index < -0.39 is 5.97 Å². The normalized spacial score (nSPS) is 21.4. The van der Waals surface area contributed by atoms with Crippen LogP contribution in [-0.2, 0) is 11.2 Å². The van der Waals surface area contributed by atoms with Crippen molar-refractivity contribution in [2.24, 2.45) is 5.92 Å². The van der Waals surface area contributed by atoms with Gasteiger partial charge in [-0.1, -0.05) is 25.1 Å². The first kappa shape index (κ1) is 16.5. The predicted octanol–water partition coefficient (Wildman–Crippen LogP) is 3.35. The molecule has 0 radical (unpaired) electrons. The number of carbonyl (C=O) groups excluding carboxylic acids is 1. The van der Waals surface area contributed by atoms with Crippen LogP contribution >= 0.6 is 0 Å². The minimum absolute atomic E-state index is 0.111. The van der Waals surface area contributed by atoms with Crippen molar-refractivity contribution in [1.82, 2.24) is 4.90 Å². The van der Waals surface area contributed by atoms with Crippen molar-refractivity contribution in [3.8, 4) is 0 Å². The maximum atomic E-state index is 12.4. The summed E-state index contributed by atoms with van der Waals surface area (Å²) in [6.07, 6.45) is 5.38. The van der Waals surface area contributed by atoms with Crippen molar-refractivity contribution in [1.29, 1.82) is 0 Å². The third-order valence-corrected chi connectivity index (χ3v) is 4.78. The van der Waals surface area contributed by atoms with Crippen LogP contribution in [0.25, 0.3) is 0 Å². The van der Waals surface area contributed by atoms with E-state index in [0.29, 0.717) is 24.4 Å². The highest BCUT2D eigenvalue weighted by molar-refractivity contribution is 5.89. The van der Waals surface area contributed by atoms with E-state index in [-0.39, 0.29) is 5.91 Å². The molecule has 4 heteroatoms. The van der Waals surface area contributed by atoms with Gasteiger partial charge >= 0.3 is 5.97 Å². The number of amides is 1. The van der Waals surface area contributed by atoms with Gasteiger partial charge < -0.3 is 10.0 Å². The molecule has 1 aromatic carbocycles. The van der Waals surface area contributed by atoms with Gasteiger partial charge in [-0.2, -0.15) is 0 Å². The van der Waals surface area contributed by atoms with E-state index in [1.807, 2.05) is 18.0 Å². The first-order valence-electron chi connectivity index (χ1n) is 8.06. The zero-order valence-corrected chi connectivity index (χ0v) is 13.4. The van der Waals surface area contributed by atoms with Crippen molar-refractivity contribution in [2.45, 2.75) is 51.5 Å². The van der Waals surface area contributed by atoms with Gasteiger partial charge in [0.25, 0.3) is 0 Å². The second-order valence-electron chi connectivity index (χ2n) is 6.38. The number of hydrogen-bond acceptors (Lipinski definition) is 2. The van der Waals surface area contributed by atoms with Gasteiger partial charge in [0.2, 0.25) is 5.91 Å². The van der Waals surface area contributed by atoms with E-state index in [1.165, 1.54) is 12.8 Å². The summed E-state index contributed by atoms with van der Waals surface area (Å²) in [7, 11) is 1.88. The van der Waals surface area contributed by atoms with Crippen LogP contribution in [0.15, 0.2) is 24.3 Å². The van der Waals surface area contributed by atoms with Crippen LogP contribution in [0.1, 0.15) is 54.9 Å². The Bertz CT molecular complexity index is 533. The smallest absolute Gasteiger partial charge is 0.335 e. The Morgan fingerprint density at radius 1 is 1.18 bits per heavy atom. The second-order valence-corrected chi connectivity index (χ2v) is 6.38. The Hall–Kier alpha value is -1.84. The van der Waals surface area contributed by atoms with Gasteiger partial charge in [-0.3, -0.25) is 4.79 Å². The van der Waals surface area contributed by atoms with Crippen LogP contribution in [0.5, 0.6) is 0 Å². The van der Waals surface area contributed by atoms with Crippen LogP contribution in [0.2, 0.25) is 0 Å². The SMILES string of the molecule is CC1CCC(N(C)C(=O)CCc2ccccc2C(=O)O)CC1. The van der Waals surface area contributed by atoms with Crippen molar-refractivity contribution < 1.29 is 14.7 Å². The monoisotopic (exact) mass is 303 g/mol. The summed E-state index contributed by atoms with van der Waals surface area (Å²) in [5.41, 5.74) is 1.03. The number of aromatic carboxylic acids is 1. The number of hydrogen-bond donors (Lipinski definition) is 1. The van der Waals surface area contributed by atoms with Crippen LogP contribution in [-0.4, -0.2) is 35.0 Å². The highest BCUT2D eigenvalue weighted by Gasteiger charge is 2.24. The first-order valence-corrected chi connectivity index (χ1v) is 8.06. The molecule has 1 N–H and O–H groups in total. The van der Waals surface area contributed by atoms with Crippen LogP contribution in [0.3, 0.4) is 0 Å². The molecule has 1 amide bonds. The molecule has 0 bridgehead atoms. The van der Waals surface area contributed by atoms with E-state index in [1.54, 1.807) is 18.2 Å². The van der Waals surface area contributed by atoms with E-state index in [2.05, 4.69) is 6.92 Å². The van der Waals surface area contributed by atoms with Crippen molar-refractivity contribution in [3.63, 3.8) is 0 Å². The molecule has 0 aromatic heterocycles. The zero-order chi connectivity index (χ0) is 16.1. The lowest BCUT2D eigenvalue weighted by Gasteiger charge is -2.33. The maximum absolute atomic E-state index is 12.4. The number of rotatable bonds is 5. The fourth-order valence-electron chi connectivity index (χ4n) is 3.20. The highest BCUT2D eigenvalue weighted by Crippen LogP contribution is 2.27. The van der Waals surface area contributed by atoms with E-state index in [9.17, 15) is 14.7 Å². The van der Waals surface area contributed by atoms with E-state index in [0.717, 1.165) is 24.3 Å². The summed E-state index contributed by atoms with van der Waals surface area (Å²) in [5.74, 6) is -0.0559. The molecule has 1 saturated carbocycles. The van der Waals surface area contributed by atoms with Gasteiger partial charge in [-0.25, -0.2) is 4.79 Å². The predicted molar refractivity (Wildman–Crippen MR) is 85.9 cm³/mol. The summed E-state index contributed by atoms with van der Waals surface area (Å²) in [4.78, 5) is 25.4. The molecule has 0 spiro atoms. The standard InChI is InChI=1S/C18H25NO3/c1-13-7-10-15(11-8-13)19(2)17(20)12-9-14-5-3-4-6-16(14)18(21)22/h3-6,13,15H,7-12H2,1-2H3,(H,21,22). The summed E-state index contributed by atoms with van der Waals surface area (Å²) < 4.78 is 0. The molecule has 1 fully saturated rings. The summed E-state index contributed by atoms with van der Waals surface area (Å²) >= 11 is 0. The lowest BCUT2D eigenvalue weighted by atomic mass is 9.86. The van der Waals surface area contributed by atoms with E-state index >= 15 is 0 Å². The number of aryl methyl sites for hydroxylation is 1. The Labute approximate surface area is 132 Å². The van der Waals surface area contributed by atoms with Crippen LogP contribution < -0.4 is 0 Å². The molecule has 1 aliphatic rings. The first-order chi connectivity index (χ1) is 10.5. The molecule has 0 aliphatic heterocycles. The molecular weight excluding hydrogens is 278 g/mol. The topological polar surface area (TPSA) is 57.6 Å². The zero-order valence-electron chi connectivity index (χ0n) is 13.4. The Kier molecular flexibility index (Phi) is 5.58. The maximum Gasteiger partial charge on any atom is 0.335 e.